The third kappa shape index (κ3) is 4.96. The number of carbonyl (C=O) groups is 1. The summed E-state index contributed by atoms with van der Waals surface area (Å²) in [5.41, 5.74) is 3.62. The van der Waals surface area contributed by atoms with E-state index in [0.717, 1.165) is 19.4 Å². The van der Waals surface area contributed by atoms with Crippen molar-refractivity contribution in [1.82, 2.24) is 10.2 Å². The van der Waals surface area contributed by atoms with E-state index in [1.54, 1.807) is 0 Å². The maximum absolute atomic E-state index is 12.8. The molecule has 0 bridgehead atoms. The van der Waals surface area contributed by atoms with Gasteiger partial charge in [-0.3, -0.25) is 4.79 Å². The van der Waals surface area contributed by atoms with Gasteiger partial charge in [0.25, 0.3) is 5.91 Å². The van der Waals surface area contributed by atoms with Crippen LogP contribution >= 0.6 is 0 Å². The highest BCUT2D eigenvalue weighted by Gasteiger charge is 2.41. The van der Waals surface area contributed by atoms with Gasteiger partial charge in [0.1, 0.15) is 0 Å². The minimum Gasteiger partial charge on any atom is -0.379 e. The highest BCUT2D eigenvalue weighted by Crippen LogP contribution is 2.23. The van der Waals surface area contributed by atoms with E-state index in [9.17, 15) is 9.90 Å². The second-order valence-electron chi connectivity index (χ2n) is 7.69. The number of hydrogen-bond donors (Lipinski definition) is 2. The number of nitrogens with zero attached hydrogens (tertiary/aromatic N) is 1. The Morgan fingerprint density at radius 1 is 1.07 bits per heavy atom. The van der Waals surface area contributed by atoms with Gasteiger partial charge in [-0.2, -0.15) is 0 Å². The van der Waals surface area contributed by atoms with Crippen molar-refractivity contribution in [2.24, 2.45) is 0 Å². The predicted octanol–water partition coefficient (Wildman–Crippen LogP) is 2.99. The number of nitrogens with one attached hydrogen (secondary N) is 1. The van der Waals surface area contributed by atoms with Crippen molar-refractivity contribution in [2.75, 3.05) is 19.6 Å². The highest BCUT2D eigenvalue weighted by molar-refractivity contribution is 5.86. The minimum absolute atomic E-state index is 0.141. The Labute approximate surface area is 162 Å². The Morgan fingerprint density at radius 3 is 2.59 bits per heavy atom. The first-order valence-electron chi connectivity index (χ1n) is 9.80. The van der Waals surface area contributed by atoms with E-state index in [1.807, 2.05) is 23.1 Å². The molecule has 0 radical (unpaired) electrons. The Hall–Kier alpha value is -2.17. The lowest BCUT2D eigenvalue weighted by Crippen LogP contribution is -2.58. The molecule has 1 saturated heterocycles. The second kappa shape index (κ2) is 8.68. The van der Waals surface area contributed by atoms with Gasteiger partial charge in [-0.05, 0) is 55.4 Å². The molecule has 3 rings (SSSR count). The summed E-state index contributed by atoms with van der Waals surface area (Å²) >= 11 is 0. The molecule has 1 heterocycles. The van der Waals surface area contributed by atoms with Crippen LogP contribution in [0.2, 0.25) is 0 Å². The minimum atomic E-state index is -1.30. The average molecular weight is 367 g/mol. The number of likely N-dealkylation sites (tertiary alicyclic amines) is 1. The highest BCUT2D eigenvalue weighted by atomic mass is 16.3. The summed E-state index contributed by atoms with van der Waals surface area (Å²) in [6.45, 7) is 6.52. The average Bonchev–Trinajstić information content (AvgIpc) is 2.67. The summed E-state index contributed by atoms with van der Waals surface area (Å²) in [7, 11) is 0. The number of hydrogen-bond acceptors (Lipinski definition) is 3. The SMILES string of the molecule is Cc1ccc(CNCC2(O)CCCN(CCc3ccccc3)C2=O)cc1C. The van der Waals surface area contributed by atoms with Gasteiger partial charge in [-0.1, -0.05) is 48.5 Å². The summed E-state index contributed by atoms with van der Waals surface area (Å²) in [6.07, 6.45) is 2.18. The van der Waals surface area contributed by atoms with Gasteiger partial charge in [0.05, 0.1) is 0 Å². The number of carbonyl (C=O) groups excluding carboxylic acids is 1. The number of benzene rings is 2. The Kier molecular flexibility index (Phi) is 6.30. The molecule has 2 N–H and O–H groups in total. The lowest BCUT2D eigenvalue weighted by Gasteiger charge is -2.38. The molecule has 0 aliphatic carbocycles. The molecule has 1 unspecified atom stereocenters. The van der Waals surface area contributed by atoms with Crippen LogP contribution in [0.3, 0.4) is 0 Å². The Balaban J connectivity index is 1.54. The van der Waals surface area contributed by atoms with Crippen LogP contribution < -0.4 is 5.32 Å². The van der Waals surface area contributed by atoms with Crippen LogP contribution in [0, 0.1) is 13.8 Å². The number of rotatable bonds is 7. The van der Waals surface area contributed by atoms with Crippen molar-refractivity contribution in [3.05, 3.63) is 70.8 Å². The summed E-state index contributed by atoms with van der Waals surface area (Å²) in [5.74, 6) is -0.141. The zero-order valence-corrected chi connectivity index (χ0v) is 16.4. The lowest BCUT2D eigenvalue weighted by atomic mass is 9.91. The summed E-state index contributed by atoms with van der Waals surface area (Å²) in [5, 5.41) is 14.2. The van der Waals surface area contributed by atoms with E-state index in [4.69, 9.17) is 0 Å². The molecule has 4 heteroatoms. The van der Waals surface area contributed by atoms with Gasteiger partial charge < -0.3 is 15.3 Å². The predicted molar refractivity (Wildman–Crippen MR) is 109 cm³/mol. The van der Waals surface area contributed by atoms with Crippen molar-refractivity contribution >= 4 is 5.91 Å². The van der Waals surface area contributed by atoms with Gasteiger partial charge in [-0.15, -0.1) is 0 Å². The molecular formula is C23H30N2O2. The maximum atomic E-state index is 12.8. The van der Waals surface area contributed by atoms with Crippen molar-refractivity contribution in [3.63, 3.8) is 0 Å². The molecule has 0 aromatic heterocycles. The summed E-state index contributed by atoms with van der Waals surface area (Å²) < 4.78 is 0. The van der Waals surface area contributed by atoms with E-state index < -0.39 is 5.60 Å². The van der Waals surface area contributed by atoms with Crippen LogP contribution in [-0.2, 0) is 17.8 Å². The van der Waals surface area contributed by atoms with Crippen LogP contribution in [0.5, 0.6) is 0 Å². The van der Waals surface area contributed by atoms with Crippen LogP contribution in [-0.4, -0.2) is 41.1 Å². The fourth-order valence-electron chi connectivity index (χ4n) is 3.68. The molecule has 144 valence electrons. The van der Waals surface area contributed by atoms with Gasteiger partial charge in [0.15, 0.2) is 5.60 Å². The fourth-order valence-corrected chi connectivity index (χ4v) is 3.68. The van der Waals surface area contributed by atoms with Gasteiger partial charge in [-0.25, -0.2) is 0 Å². The molecule has 0 spiro atoms. The molecule has 1 atom stereocenters. The Bertz CT molecular complexity index is 775. The third-order valence-electron chi connectivity index (χ3n) is 5.53. The number of aryl methyl sites for hydroxylation is 2. The number of aliphatic hydroxyl groups is 1. The van der Waals surface area contributed by atoms with E-state index in [0.29, 0.717) is 26.1 Å². The first-order valence-corrected chi connectivity index (χ1v) is 9.80. The quantitative estimate of drug-likeness (QED) is 0.792. The standard InChI is InChI=1S/C23H30N2O2/c1-18-9-10-21(15-19(18)2)16-24-17-23(27)12-6-13-25(22(23)26)14-11-20-7-4-3-5-8-20/h3-5,7-10,15,24,27H,6,11-14,16-17H2,1-2H3. The zero-order chi connectivity index (χ0) is 19.3. The molecule has 4 nitrogen and oxygen atoms in total. The topological polar surface area (TPSA) is 52.6 Å². The van der Waals surface area contributed by atoms with Crippen molar-refractivity contribution < 1.29 is 9.90 Å². The van der Waals surface area contributed by atoms with Gasteiger partial charge in [0, 0.05) is 26.2 Å². The number of piperidine rings is 1. The first-order chi connectivity index (χ1) is 13.0. The van der Waals surface area contributed by atoms with Crippen LogP contribution in [0.4, 0.5) is 0 Å². The van der Waals surface area contributed by atoms with Gasteiger partial charge in [0.2, 0.25) is 0 Å². The van der Waals surface area contributed by atoms with Crippen molar-refractivity contribution in [2.45, 2.75) is 45.3 Å². The number of amides is 1. The third-order valence-corrected chi connectivity index (χ3v) is 5.53. The summed E-state index contributed by atoms with van der Waals surface area (Å²) in [6, 6.07) is 16.5. The summed E-state index contributed by atoms with van der Waals surface area (Å²) in [4.78, 5) is 14.7. The molecule has 2 aromatic rings. The van der Waals surface area contributed by atoms with E-state index >= 15 is 0 Å². The normalized spacial score (nSPS) is 20.1. The van der Waals surface area contributed by atoms with Gasteiger partial charge >= 0.3 is 0 Å². The first kappa shape index (κ1) is 19.6. The van der Waals surface area contributed by atoms with E-state index in [1.165, 1.54) is 22.3 Å². The van der Waals surface area contributed by atoms with Crippen molar-refractivity contribution in [3.8, 4) is 0 Å². The Morgan fingerprint density at radius 2 is 1.85 bits per heavy atom. The molecule has 1 amide bonds. The molecule has 1 aliphatic rings. The molecule has 1 aliphatic heterocycles. The molecule has 0 saturated carbocycles. The second-order valence-corrected chi connectivity index (χ2v) is 7.69. The largest absolute Gasteiger partial charge is 0.379 e. The maximum Gasteiger partial charge on any atom is 0.255 e. The fraction of sp³-hybridized carbons (Fsp3) is 0.435. The lowest BCUT2D eigenvalue weighted by molar-refractivity contribution is -0.156. The van der Waals surface area contributed by atoms with Crippen LogP contribution in [0.15, 0.2) is 48.5 Å². The van der Waals surface area contributed by atoms with Crippen molar-refractivity contribution in [1.29, 1.82) is 0 Å². The molecule has 27 heavy (non-hydrogen) atoms. The zero-order valence-electron chi connectivity index (χ0n) is 16.4. The monoisotopic (exact) mass is 366 g/mol. The van der Waals surface area contributed by atoms with Crippen LogP contribution in [0.1, 0.15) is 35.1 Å². The molecule has 1 fully saturated rings. The van der Waals surface area contributed by atoms with Crippen LogP contribution in [0.25, 0.3) is 0 Å². The van der Waals surface area contributed by atoms with E-state index in [2.05, 4.69) is 49.5 Å². The molecule has 2 aromatic carbocycles. The smallest absolute Gasteiger partial charge is 0.255 e. The van der Waals surface area contributed by atoms with E-state index in [-0.39, 0.29) is 5.91 Å². The molecular weight excluding hydrogens is 336 g/mol.